The third-order valence-electron chi connectivity index (χ3n) is 6.92. The third-order valence-corrected chi connectivity index (χ3v) is 6.92. The normalized spacial score (nSPS) is 44.8. The molecule has 3 fully saturated rings. The molecule has 2 nitrogen and oxygen atoms in total. The molecule has 0 heterocycles. The summed E-state index contributed by atoms with van der Waals surface area (Å²) in [6.45, 7) is 8.87. The molecule has 3 saturated carbocycles. The van der Waals surface area contributed by atoms with Crippen molar-refractivity contribution in [1.82, 2.24) is 0 Å². The molecule has 2 heteroatoms. The highest BCUT2D eigenvalue weighted by Crippen LogP contribution is 2.58. The van der Waals surface area contributed by atoms with E-state index in [0.29, 0.717) is 18.3 Å². The fraction of sp³-hybridized carbons (Fsp3) is 0.714. The van der Waals surface area contributed by atoms with Crippen molar-refractivity contribution in [3.63, 3.8) is 0 Å². The van der Waals surface area contributed by atoms with Crippen molar-refractivity contribution in [1.29, 1.82) is 0 Å². The first-order chi connectivity index (χ1) is 11.0. The number of aliphatic hydroxyl groups excluding tert-OH is 2. The monoisotopic (exact) mass is 316 g/mol. The van der Waals surface area contributed by atoms with E-state index in [-0.39, 0.29) is 0 Å². The van der Waals surface area contributed by atoms with Crippen LogP contribution in [0.15, 0.2) is 35.5 Å². The zero-order valence-electron chi connectivity index (χ0n) is 14.7. The molecule has 0 bridgehead atoms. The van der Waals surface area contributed by atoms with Gasteiger partial charge >= 0.3 is 0 Å². The first-order valence-electron chi connectivity index (χ1n) is 9.40. The molecule has 0 aromatic rings. The lowest BCUT2D eigenvalue weighted by Gasteiger charge is -2.42. The van der Waals surface area contributed by atoms with Crippen LogP contribution in [0, 0.1) is 17.3 Å². The van der Waals surface area contributed by atoms with Crippen LogP contribution in [0.2, 0.25) is 0 Å². The van der Waals surface area contributed by atoms with Gasteiger partial charge in [-0.1, -0.05) is 44.6 Å². The van der Waals surface area contributed by atoms with E-state index in [0.717, 1.165) is 23.0 Å². The Morgan fingerprint density at radius 3 is 2.78 bits per heavy atom. The quantitative estimate of drug-likeness (QED) is 0.785. The van der Waals surface area contributed by atoms with E-state index in [1.807, 2.05) is 0 Å². The standard InChI is InChI=1S/C21H32O2/c1-4-17-9-10-19-15(6-5-11-21(17,19)3)7-8-16-12-18(22)13-20(23)14(16)2/h7-8,17-20,22-23H,2,4-6,9-13H2,1,3H3/b15-7+,16-8-/t17-,18+,19-,20-,21+/m0/s1. The highest BCUT2D eigenvalue weighted by Gasteiger charge is 2.48. The summed E-state index contributed by atoms with van der Waals surface area (Å²) in [4.78, 5) is 0. The Hall–Kier alpha value is -0.860. The fourth-order valence-corrected chi connectivity index (χ4v) is 5.48. The second-order valence-corrected chi connectivity index (χ2v) is 8.16. The van der Waals surface area contributed by atoms with Crippen molar-refractivity contribution in [3.05, 3.63) is 35.5 Å². The second-order valence-electron chi connectivity index (χ2n) is 8.16. The molecule has 0 radical (unpaired) electrons. The van der Waals surface area contributed by atoms with Crippen LogP contribution in [0.4, 0.5) is 0 Å². The molecular formula is C21H32O2. The molecule has 2 N–H and O–H groups in total. The number of hydrogen-bond acceptors (Lipinski definition) is 2. The number of hydrogen-bond donors (Lipinski definition) is 2. The minimum atomic E-state index is -0.587. The van der Waals surface area contributed by atoms with Crippen molar-refractivity contribution in [2.75, 3.05) is 0 Å². The van der Waals surface area contributed by atoms with Crippen LogP contribution in [-0.4, -0.2) is 22.4 Å². The van der Waals surface area contributed by atoms with E-state index < -0.39 is 12.2 Å². The fourth-order valence-electron chi connectivity index (χ4n) is 5.48. The Morgan fingerprint density at radius 1 is 1.26 bits per heavy atom. The van der Waals surface area contributed by atoms with Gasteiger partial charge in [0.1, 0.15) is 0 Å². The molecule has 0 aliphatic heterocycles. The van der Waals surface area contributed by atoms with E-state index in [2.05, 4.69) is 32.6 Å². The molecule has 0 unspecified atom stereocenters. The summed E-state index contributed by atoms with van der Waals surface area (Å²) in [5.41, 5.74) is 3.90. The van der Waals surface area contributed by atoms with Gasteiger partial charge in [-0.15, -0.1) is 0 Å². The Kier molecular flexibility index (Phi) is 4.85. The van der Waals surface area contributed by atoms with Gasteiger partial charge in [-0.25, -0.2) is 0 Å². The Balaban J connectivity index is 1.82. The summed E-state index contributed by atoms with van der Waals surface area (Å²) >= 11 is 0. The Morgan fingerprint density at radius 2 is 2.04 bits per heavy atom. The molecule has 23 heavy (non-hydrogen) atoms. The summed E-state index contributed by atoms with van der Waals surface area (Å²) in [7, 11) is 0. The summed E-state index contributed by atoms with van der Waals surface area (Å²) in [5, 5.41) is 19.9. The largest absolute Gasteiger partial charge is 0.393 e. The predicted molar refractivity (Wildman–Crippen MR) is 95.0 cm³/mol. The van der Waals surface area contributed by atoms with Gasteiger partial charge < -0.3 is 10.2 Å². The highest BCUT2D eigenvalue weighted by molar-refractivity contribution is 5.38. The summed E-state index contributed by atoms with van der Waals surface area (Å²) in [6, 6.07) is 0. The van der Waals surface area contributed by atoms with Crippen LogP contribution < -0.4 is 0 Å². The van der Waals surface area contributed by atoms with Gasteiger partial charge in [0.25, 0.3) is 0 Å². The minimum absolute atomic E-state index is 0.422. The van der Waals surface area contributed by atoms with Crippen molar-refractivity contribution in [2.45, 2.75) is 77.4 Å². The van der Waals surface area contributed by atoms with E-state index in [9.17, 15) is 10.2 Å². The van der Waals surface area contributed by atoms with Crippen LogP contribution in [-0.2, 0) is 0 Å². The first-order valence-corrected chi connectivity index (χ1v) is 9.40. The second kappa shape index (κ2) is 6.57. The van der Waals surface area contributed by atoms with Gasteiger partial charge in [-0.3, -0.25) is 0 Å². The van der Waals surface area contributed by atoms with E-state index in [1.54, 1.807) is 5.57 Å². The lowest BCUT2D eigenvalue weighted by Crippen LogP contribution is -2.33. The number of fused-ring (bicyclic) bond motifs is 1. The molecule has 0 spiro atoms. The van der Waals surface area contributed by atoms with Crippen LogP contribution in [0.5, 0.6) is 0 Å². The highest BCUT2D eigenvalue weighted by atomic mass is 16.3. The van der Waals surface area contributed by atoms with Crippen molar-refractivity contribution >= 4 is 0 Å². The van der Waals surface area contributed by atoms with Crippen LogP contribution in [0.25, 0.3) is 0 Å². The zero-order chi connectivity index (χ0) is 16.6. The zero-order valence-corrected chi connectivity index (χ0v) is 14.7. The average molecular weight is 316 g/mol. The van der Waals surface area contributed by atoms with Gasteiger partial charge in [0.15, 0.2) is 0 Å². The summed E-state index contributed by atoms with van der Waals surface area (Å²) in [5.74, 6) is 1.60. The summed E-state index contributed by atoms with van der Waals surface area (Å²) < 4.78 is 0. The van der Waals surface area contributed by atoms with E-state index in [4.69, 9.17) is 0 Å². The van der Waals surface area contributed by atoms with Crippen LogP contribution >= 0.6 is 0 Å². The maximum Gasteiger partial charge on any atom is 0.0811 e. The van der Waals surface area contributed by atoms with Crippen molar-refractivity contribution < 1.29 is 10.2 Å². The molecule has 5 atom stereocenters. The van der Waals surface area contributed by atoms with Crippen LogP contribution in [0.1, 0.15) is 65.2 Å². The minimum Gasteiger partial charge on any atom is -0.393 e. The maximum atomic E-state index is 9.99. The molecule has 0 saturated heterocycles. The number of allylic oxidation sites excluding steroid dienone is 3. The molecule has 128 valence electrons. The Labute approximate surface area is 141 Å². The predicted octanol–water partition coefficient (Wildman–Crippen LogP) is 4.54. The molecule has 0 amide bonds. The van der Waals surface area contributed by atoms with Gasteiger partial charge in [0, 0.05) is 6.42 Å². The van der Waals surface area contributed by atoms with E-state index in [1.165, 1.54) is 38.5 Å². The lowest BCUT2D eigenvalue weighted by molar-refractivity contribution is 0.0862. The number of aliphatic hydroxyl groups is 2. The topological polar surface area (TPSA) is 40.5 Å². The lowest BCUT2D eigenvalue weighted by atomic mass is 9.63. The molecular weight excluding hydrogens is 284 g/mol. The van der Waals surface area contributed by atoms with Crippen LogP contribution in [0.3, 0.4) is 0 Å². The summed E-state index contributed by atoms with van der Waals surface area (Å²) in [6.07, 6.45) is 12.3. The van der Waals surface area contributed by atoms with E-state index >= 15 is 0 Å². The molecule has 3 aliphatic carbocycles. The number of rotatable bonds is 2. The molecule has 3 rings (SSSR count). The van der Waals surface area contributed by atoms with Gasteiger partial charge in [0.05, 0.1) is 12.2 Å². The van der Waals surface area contributed by atoms with Crippen molar-refractivity contribution in [2.24, 2.45) is 17.3 Å². The van der Waals surface area contributed by atoms with Gasteiger partial charge in [0.2, 0.25) is 0 Å². The molecule has 3 aliphatic rings. The third kappa shape index (κ3) is 3.08. The average Bonchev–Trinajstić information content (AvgIpc) is 2.86. The van der Waals surface area contributed by atoms with Gasteiger partial charge in [-0.05, 0) is 66.9 Å². The molecule has 0 aromatic carbocycles. The SMILES string of the molecule is C=C1/C(=C\C=C2/CCC[C@]3(C)[C@@H](CC)CC[C@@H]23)C[C@@H](O)C[C@@H]1O. The molecule has 0 aromatic heterocycles. The van der Waals surface area contributed by atoms with Gasteiger partial charge in [-0.2, -0.15) is 0 Å². The maximum absolute atomic E-state index is 9.99. The smallest absolute Gasteiger partial charge is 0.0811 e. The van der Waals surface area contributed by atoms with Crippen molar-refractivity contribution in [3.8, 4) is 0 Å². The first kappa shape index (κ1) is 17.0. The Bertz CT molecular complexity index is 530.